The maximum Gasteiger partial charge on any atom is 0.225 e. The van der Waals surface area contributed by atoms with Crippen LogP contribution in [0.25, 0.3) is 0 Å². The summed E-state index contributed by atoms with van der Waals surface area (Å²) in [5, 5.41) is 0. The molecule has 1 saturated carbocycles. The number of carbonyl (C=O) groups is 1. The lowest BCUT2D eigenvalue weighted by atomic mass is 9.90. The molecule has 1 aromatic heterocycles. The van der Waals surface area contributed by atoms with Gasteiger partial charge in [0, 0.05) is 44.3 Å². The first kappa shape index (κ1) is 16.5. The SMILES string of the molecule is C[C@]12CCC(=O)N1[C@@H]1CCCC[C@H]1N2Cc1ccnc(N2CCCC2)n1. The highest BCUT2D eigenvalue weighted by Crippen LogP contribution is 2.48. The highest BCUT2D eigenvalue weighted by Gasteiger charge is 2.59. The topological polar surface area (TPSA) is 52.6 Å². The average molecular weight is 355 g/mol. The number of amides is 1. The number of aromatic nitrogens is 2. The van der Waals surface area contributed by atoms with Gasteiger partial charge < -0.3 is 9.80 Å². The second-order valence-corrected chi connectivity index (χ2v) is 8.57. The number of carbonyl (C=O) groups excluding carboxylic acids is 1. The van der Waals surface area contributed by atoms with Gasteiger partial charge in [0.15, 0.2) is 0 Å². The highest BCUT2D eigenvalue weighted by molar-refractivity contribution is 5.80. The molecule has 1 amide bonds. The maximum atomic E-state index is 12.6. The van der Waals surface area contributed by atoms with Crippen LogP contribution in [0.2, 0.25) is 0 Å². The quantitative estimate of drug-likeness (QED) is 0.834. The first-order valence-corrected chi connectivity index (χ1v) is 10.3. The van der Waals surface area contributed by atoms with Crippen molar-refractivity contribution in [2.75, 3.05) is 18.0 Å². The van der Waals surface area contributed by atoms with Crippen LogP contribution in [0.1, 0.15) is 64.0 Å². The van der Waals surface area contributed by atoms with Gasteiger partial charge in [-0.1, -0.05) is 12.8 Å². The smallest absolute Gasteiger partial charge is 0.225 e. The summed E-state index contributed by atoms with van der Waals surface area (Å²) in [5.41, 5.74) is 0.962. The minimum Gasteiger partial charge on any atom is -0.341 e. The molecule has 5 rings (SSSR count). The van der Waals surface area contributed by atoms with Gasteiger partial charge in [0.2, 0.25) is 11.9 Å². The summed E-state index contributed by atoms with van der Waals surface area (Å²) < 4.78 is 0. The molecule has 3 saturated heterocycles. The first-order valence-electron chi connectivity index (χ1n) is 10.3. The van der Waals surface area contributed by atoms with Gasteiger partial charge in [-0.05, 0) is 45.1 Å². The lowest BCUT2D eigenvalue weighted by molar-refractivity contribution is -0.133. The van der Waals surface area contributed by atoms with E-state index in [-0.39, 0.29) is 5.66 Å². The van der Waals surface area contributed by atoms with Gasteiger partial charge in [-0.15, -0.1) is 0 Å². The van der Waals surface area contributed by atoms with Crippen LogP contribution >= 0.6 is 0 Å². The van der Waals surface area contributed by atoms with Crippen molar-refractivity contribution in [1.29, 1.82) is 0 Å². The lowest BCUT2D eigenvalue weighted by Crippen LogP contribution is -2.49. The third-order valence-electron chi connectivity index (χ3n) is 7.07. The number of fused-ring (bicyclic) bond motifs is 3. The van der Waals surface area contributed by atoms with Crippen molar-refractivity contribution in [2.24, 2.45) is 0 Å². The Labute approximate surface area is 155 Å². The Morgan fingerprint density at radius 3 is 2.73 bits per heavy atom. The summed E-state index contributed by atoms with van der Waals surface area (Å²) in [6, 6.07) is 2.95. The minimum atomic E-state index is -0.129. The van der Waals surface area contributed by atoms with Gasteiger partial charge in [-0.3, -0.25) is 9.69 Å². The second kappa shape index (κ2) is 6.19. The minimum absolute atomic E-state index is 0.129. The molecule has 4 aliphatic rings. The zero-order valence-corrected chi connectivity index (χ0v) is 15.7. The Balaban J connectivity index is 1.43. The molecule has 0 N–H and O–H groups in total. The van der Waals surface area contributed by atoms with E-state index in [1.54, 1.807) is 0 Å². The van der Waals surface area contributed by atoms with Crippen LogP contribution in [-0.4, -0.2) is 56.5 Å². The molecule has 1 aromatic rings. The van der Waals surface area contributed by atoms with Crippen LogP contribution < -0.4 is 4.90 Å². The van der Waals surface area contributed by atoms with Crippen molar-refractivity contribution in [3.63, 3.8) is 0 Å². The fourth-order valence-corrected chi connectivity index (χ4v) is 5.80. The Bertz CT molecular complexity index is 703. The number of anilines is 1. The molecule has 0 radical (unpaired) electrons. The second-order valence-electron chi connectivity index (χ2n) is 8.57. The predicted molar refractivity (Wildman–Crippen MR) is 99.6 cm³/mol. The third-order valence-corrected chi connectivity index (χ3v) is 7.07. The summed E-state index contributed by atoms with van der Waals surface area (Å²) in [6.07, 6.45) is 10.9. The molecule has 3 atom stereocenters. The van der Waals surface area contributed by atoms with E-state index in [1.165, 1.54) is 32.1 Å². The van der Waals surface area contributed by atoms with Crippen molar-refractivity contribution in [1.82, 2.24) is 19.8 Å². The molecule has 3 aliphatic heterocycles. The van der Waals surface area contributed by atoms with Crippen molar-refractivity contribution >= 4 is 11.9 Å². The van der Waals surface area contributed by atoms with Crippen LogP contribution in [0.5, 0.6) is 0 Å². The predicted octanol–water partition coefficient (Wildman–Crippen LogP) is 2.54. The van der Waals surface area contributed by atoms with Crippen LogP contribution in [0.15, 0.2) is 12.3 Å². The monoisotopic (exact) mass is 355 g/mol. The van der Waals surface area contributed by atoms with Crippen LogP contribution in [0.4, 0.5) is 5.95 Å². The molecule has 4 fully saturated rings. The van der Waals surface area contributed by atoms with Crippen LogP contribution in [0, 0.1) is 0 Å². The van der Waals surface area contributed by atoms with Gasteiger partial charge in [-0.2, -0.15) is 0 Å². The Morgan fingerprint density at radius 1 is 1.15 bits per heavy atom. The number of nitrogens with zero attached hydrogens (tertiary/aromatic N) is 5. The lowest BCUT2D eigenvalue weighted by Gasteiger charge is -2.37. The van der Waals surface area contributed by atoms with E-state index in [0.717, 1.165) is 44.1 Å². The molecule has 4 heterocycles. The normalized spacial score (nSPS) is 34.4. The largest absolute Gasteiger partial charge is 0.341 e. The summed E-state index contributed by atoms with van der Waals surface area (Å²) in [4.78, 5) is 29.1. The zero-order chi connectivity index (χ0) is 17.7. The Morgan fingerprint density at radius 2 is 1.92 bits per heavy atom. The fraction of sp³-hybridized carbons (Fsp3) is 0.750. The number of rotatable bonds is 3. The van der Waals surface area contributed by atoms with Gasteiger partial charge in [0.05, 0.1) is 11.4 Å². The first-order chi connectivity index (χ1) is 12.7. The van der Waals surface area contributed by atoms with Crippen molar-refractivity contribution in [3.05, 3.63) is 18.0 Å². The van der Waals surface area contributed by atoms with Crippen LogP contribution in [-0.2, 0) is 11.3 Å². The summed E-state index contributed by atoms with van der Waals surface area (Å²) in [5.74, 6) is 1.23. The van der Waals surface area contributed by atoms with Crippen molar-refractivity contribution in [2.45, 2.75) is 82.6 Å². The molecule has 6 nitrogen and oxygen atoms in total. The van der Waals surface area contributed by atoms with E-state index >= 15 is 0 Å². The standard InChI is InChI=1S/C20H29N5O/c1-20-10-8-18(26)25(20)17-7-3-2-6-16(17)24(20)14-15-9-11-21-19(22-15)23-12-4-5-13-23/h9,11,16-17H,2-8,10,12-14H2,1H3/t16-,17-,20-/m1/s1. The van der Waals surface area contributed by atoms with E-state index in [9.17, 15) is 4.79 Å². The summed E-state index contributed by atoms with van der Waals surface area (Å²) in [7, 11) is 0. The third kappa shape index (κ3) is 2.45. The summed E-state index contributed by atoms with van der Waals surface area (Å²) in [6.45, 7) is 5.24. The van der Waals surface area contributed by atoms with E-state index in [2.05, 4.69) is 32.7 Å². The van der Waals surface area contributed by atoms with Gasteiger partial charge in [-0.25, -0.2) is 9.97 Å². The molecular formula is C20H29N5O. The average Bonchev–Trinajstić information content (AvgIpc) is 3.34. The number of hydrogen-bond acceptors (Lipinski definition) is 5. The van der Waals surface area contributed by atoms with Gasteiger partial charge in [0.1, 0.15) is 0 Å². The highest BCUT2D eigenvalue weighted by atomic mass is 16.2. The molecule has 0 unspecified atom stereocenters. The van der Waals surface area contributed by atoms with Crippen LogP contribution in [0.3, 0.4) is 0 Å². The molecule has 1 aliphatic carbocycles. The molecule has 0 aromatic carbocycles. The van der Waals surface area contributed by atoms with Crippen molar-refractivity contribution < 1.29 is 4.79 Å². The van der Waals surface area contributed by atoms with Gasteiger partial charge >= 0.3 is 0 Å². The molecule has 0 spiro atoms. The zero-order valence-electron chi connectivity index (χ0n) is 15.7. The number of hydrogen-bond donors (Lipinski definition) is 0. The molecular weight excluding hydrogens is 326 g/mol. The molecule has 0 bridgehead atoms. The van der Waals surface area contributed by atoms with E-state index in [0.29, 0.717) is 24.4 Å². The van der Waals surface area contributed by atoms with E-state index in [1.807, 2.05) is 6.20 Å². The Hall–Kier alpha value is -1.69. The van der Waals surface area contributed by atoms with E-state index < -0.39 is 0 Å². The van der Waals surface area contributed by atoms with Crippen molar-refractivity contribution in [3.8, 4) is 0 Å². The van der Waals surface area contributed by atoms with Gasteiger partial charge in [0.25, 0.3) is 0 Å². The fourth-order valence-electron chi connectivity index (χ4n) is 5.80. The summed E-state index contributed by atoms with van der Waals surface area (Å²) >= 11 is 0. The Kier molecular flexibility index (Phi) is 3.92. The maximum absolute atomic E-state index is 12.6. The molecule has 26 heavy (non-hydrogen) atoms. The molecule has 140 valence electrons. The molecule has 6 heteroatoms. The van der Waals surface area contributed by atoms with E-state index in [4.69, 9.17) is 4.98 Å².